The Balaban J connectivity index is 1.73. The van der Waals surface area contributed by atoms with Gasteiger partial charge in [-0.15, -0.1) is 0 Å². The SMILES string of the molecule is S=c1nc(N2CCCCC2)n(-c2ccc(Cl)cc2)c(=S)n1C(=Nc1ccc(Cl)cc1)N1CCCCC1. The summed E-state index contributed by atoms with van der Waals surface area (Å²) in [5, 5.41) is 1.34. The molecule has 36 heavy (non-hydrogen) atoms. The fraction of sp³-hybridized carbons (Fsp3) is 0.385. The first kappa shape index (κ1) is 25.4. The second-order valence-electron chi connectivity index (χ2n) is 9.11. The van der Waals surface area contributed by atoms with E-state index in [-0.39, 0.29) is 0 Å². The molecule has 0 saturated carbocycles. The Labute approximate surface area is 231 Å². The molecule has 2 aliphatic heterocycles. The highest BCUT2D eigenvalue weighted by Gasteiger charge is 2.24. The lowest BCUT2D eigenvalue weighted by Gasteiger charge is -2.33. The van der Waals surface area contributed by atoms with E-state index in [4.69, 9.17) is 57.6 Å². The van der Waals surface area contributed by atoms with Crippen molar-refractivity contribution >= 4 is 65.2 Å². The second kappa shape index (κ2) is 11.4. The Morgan fingerprint density at radius 1 is 0.750 bits per heavy atom. The van der Waals surface area contributed by atoms with Crippen LogP contribution in [-0.4, -0.2) is 51.2 Å². The molecule has 2 aliphatic rings. The molecule has 0 atom stereocenters. The topological polar surface area (TPSA) is 41.6 Å². The molecule has 0 unspecified atom stereocenters. The molecule has 6 nitrogen and oxygen atoms in total. The van der Waals surface area contributed by atoms with Crippen molar-refractivity contribution < 1.29 is 0 Å². The number of nitrogens with zero attached hydrogens (tertiary/aromatic N) is 6. The third-order valence-electron chi connectivity index (χ3n) is 6.59. The van der Waals surface area contributed by atoms with E-state index in [0.29, 0.717) is 25.5 Å². The molecule has 0 radical (unpaired) electrons. The van der Waals surface area contributed by atoms with Gasteiger partial charge in [0.25, 0.3) is 0 Å². The Kier molecular flexibility index (Phi) is 8.06. The highest BCUT2D eigenvalue weighted by molar-refractivity contribution is 7.72. The molecule has 2 fully saturated rings. The number of anilines is 1. The van der Waals surface area contributed by atoms with Crippen LogP contribution in [0.5, 0.6) is 0 Å². The number of likely N-dealkylation sites (tertiary alicyclic amines) is 1. The average molecular weight is 560 g/mol. The van der Waals surface area contributed by atoms with E-state index in [1.54, 1.807) is 0 Å². The van der Waals surface area contributed by atoms with Crippen molar-refractivity contribution in [2.24, 2.45) is 4.99 Å². The van der Waals surface area contributed by atoms with E-state index in [0.717, 1.165) is 69.2 Å². The van der Waals surface area contributed by atoms with Crippen LogP contribution in [0.2, 0.25) is 10.0 Å². The van der Waals surface area contributed by atoms with Crippen LogP contribution in [-0.2, 0) is 0 Å². The van der Waals surface area contributed by atoms with Gasteiger partial charge in [0, 0.05) is 36.2 Å². The Bertz CT molecular complexity index is 1350. The van der Waals surface area contributed by atoms with Gasteiger partial charge in [-0.1, -0.05) is 23.2 Å². The molecule has 0 N–H and O–H groups in total. The number of rotatable bonds is 3. The Morgan fingerprint density at radius 2 is 1.31 bits per heavy atom. The van der Waals surface area contributed by atoms with Crippen molar-refractivity contribution in [1.82, 2.24) is 19.0 Å². The third-order valence-corrected chi connectivity index (χ3v) is 7.73. The molecule has 0 aliphatic carbocycles. The molecule has 2 aromatic carbocycles. The van der Waals surface area contributed by atoms with Gasteiger partial charge in [0.1, 0.15) is 0 Å². The summed E-state index contributed by atoms with van der Waals surface area (Å²) in [5.74, 6) is 1.47. The standard InChI is InChI=1S/C26H28Cl2N6S2/c27-19-7-11-21(12-8-19)29-23(31-15-3-1-4-16-31)34-25(35)30-24(32-17-5-2-6-18-32)33(26(34)36)22-13-9-20(28)10-14-22/h7-14H,1-6,15-18H2. The minimum atomic E-state index is 0.407. The Morgan fingerprint density at radius 3 is 1.92 bits per heavy atom. The zero-order valence-electron chi connectivity index (χ0n) is 19.9. The predicted molar refractivity (Wildman–Crippen MR) is 154 cm³/mol. The van der Waals surface area contributed by atoms with Crippen LogP contribution in [0.25, 0.3) is 5.69 Å². The zero-order chi connectivity index (χ0) is 25.1. The third kappa shape index (κ3) is 5.52. The molecule has 1 aromatic heterocycles. The summed E-state index contributed by atoms with van der Waals surface area (Å²) in [6.07, 6.45) is 6.85. The monoisotopic (exact) mass is 558 g/mol. The van der Waals surface area contributed by atoms with E-state index in [1.165, 1.54) is 12.8 Å². The average Bonchev–Trinajstić information content (AvgIpc) is 2.91. The number of hydrogen-bond acceptors (Lipinski definition) is 5. The van der Waals surface area contributed by atoms with Crippen LogP contribution in [0.4, 0.5) is 11.6 Å². The van der Waals surface area contributed by atoms with Crippen LogP contribution in [0.3, 0.4) is 0 Å². The van der Waals surface area contributed by atoms with Crippen LogP contribution >= 0.6 is 47.6 Å². The minimum absolute atomic E-state index is 0.407. The highest BCUT2D eigenvalue weighted by Crippen LogP contribution is 2.25. The summed E-state index contributed by atoms with van der Waals surface area (Å²) in [7, 11) is 0. The summed E-state index contributed by atoms with van der Waals surface area (Å²) in [6.45, 7) is 3.62. The van der Waals surface area contributed by atoms with Crippen molar-refractivity contribution in [3.8, 4) is 5.69 Å². The van der Waals surface area contributed by atoms with Gasteiger partial charge in [-0.2, -0.15) is 4.98 Å². The lowest BCUT2D eigenvalue weighted by atomic mass is 10.1. The van der Waals surface area contributed by atoms with E-state index in [1.807, 2.05) is 57.7 Å². The van der Waals surface area contributed by atoms with E-state index in [2.05, 4.69) is 9.80 Å². The Hall–Kier alpha value is -2.26. The van der Waals surface area contributed by atoms with E-state index < -0.39 is 0 Å². The van der Waals surface area contributed by atoms with Crippen molar-refractivity contribution in [3.63, 3.8) is 0 Å². The van der Waals surface area contributed by atoms with Crippen LogP contribution in [0.15, 0.2) is 53.5 Å². The maximum absolute atomic E-state index is 6.22. The molecule has 10 heteroatoms. The van der Waals surface area contributed by atoms with Crippen molar-refractivity contribution in [2.75, 3.05) is 31.1 Å². The van der Waals surface area contributed by atoms with Gasteiger partial charge in [0.2, 0.25) is 16.7 Å². The van der Waals surface area contributed by atoms with Gasteiger partial charge in [-0.05, 0) is 111 Å². The van der Waals surface area contributed by atoms with Gasteiger partial charge < -0.3 is 9.80 Å². The normalized spacial score (nSPS) is 16.9. The molecular formula is C26H28Cl2N6S2. The van der Waals surface area contributed by atoms with Crippen molar-refractivity contribution in [2.45, 2.75) is 38.5 Å². The number of aromatic nitrogens is 3. The molecule has 0 bridgehead atoms. The highest BCUT2D eigenvalue weighted by atomic mass is 35.5. The van der Waals surface area contributed by atoms with Gasteiger partial charge in [-0.3, -0.25) is 4.57 Å². The first-order valence-corrected chi connectivity index (χ1v) is 13.9. The number of piperidine rings is 2. The smallest absolute Gasteiger partial charge is 0.215 e. The summed E-state index contributed by atoms with van der Waals surface area (Å²) in [6, 6.07) is 15.2. The molecule has 5 rings (SSSR count). The van der Waals surface area contributed by atoms with Crippen LogP contribution < -0.4 is 4.90 Å². The predicted octanol–water partition coefficient (Wildman–Crippen LogP) is 7.45. The number of hydrogen-bond donors (Lipinski definition) is 0. The molecule has 0 spiro atoms. The lowest BCUT2D eigenvalue weighted by Crippen LogP contribution is -2.42. The maximum Gasteiger partial charge on any atom is 0.215 e. The zero-order valence-corrected chi connectivity index (χ0v) is 23.1. The van der Waals surface area contributed by atoms with Crippen molar-refractivity contribution in [1.29, 1.82) is 0 Å². The fourth-order valence-electron chi connectivity index (χ4n) is 4.73. The summed E-state index contributed by atoms with van der Waals surface area (Å²) in [5.41, 5.74) is 1.68. The van der Waals surface area contributed by atoms with Gasteiger partial charge >= 0.3 is 0 Å². The fourth-order valence-corrected chi connectivity index (χ4v) is 5.65. The molecule has 2 saturated heterocycles. The minimum Gasteiger partial charge on any atom is -0.342 e. The molecular weight excluding hydrogens is 531 g/mol. The first-order chi connectivity index (χ1) is 17.5. The molecule has 188 valence electrons. The van der Waals surface area contributed by atoms with Crippen molar-refractivity contribution in [3.05, 3.63) is 68.1 Å². The maximum atomic E-state index is 6.22. The number of halogens is 2. The number of aliphatic imine (C=N–C) groups is 1. The quantitative estimate of drug-likeness (QED) is 0.189. The second-order valence-corrected chi connectivity index (χ2v) is 10.7. The summed E-state index contributed by atoms with van der Waals surface area (Å²) in [4.78, 5) is 14.5. The van der Waals surface area contributed by atoms with Gasteiger partial charge in [0.15, 0.2) is 4.77 Å². The molecule has 3 aromatic rings. The largest absolute Gasteiger partial charge is 0.342 e. The van der Waals surface area contributed by atoms with Crippen LogP contribution in [0.1, 0.15) is 38.5 Å². The van der Waals surface area contributed by atoms with Gasteiger partial charge in [-0.25, -0.2) is 9.56 Å². The summed E-state index contributed by atoms with van der Waals surface area (Å²) < 4.78 is 4.79. The molecule has 3 heterocycles. The number of benzene rings is 2. The summed E-state index contributed by atoms with van der Waals surface area (Å²) >= 11 is 24.4. The molecule has 0 amide bonds. The lowest BCUT2D eigenvalue weighted by molar-refractivity contribution is 0.332. The van der Waals surface area contributed by atoms with Crippen LogP contribution in [0, 0.1) is 9.54 Å². The first-order valence-electron chi connectivity index (χ1n) is 12.4. The van der Waals surface area contributed by atoms with E-state index in [9.17, 15) is 0 Å². The van der Waals surface area contributed by atoms with E-state index >= 15 is 0 Å². The van der Waals surface area contributed by atoms with Gasteiger partial charge in [0.05, 0.1) is 11.4 Å².